The van der Waals surface area contributed by atoms with E-state index in [2.05, 4.69) is 5.32 Å². The predicted molar refractivity (Wildman–Crippen MR) is 50.5 cm³/mol. The summed E-state index contributed by atoms with van der Waals surface area (Å²) in [5, 5.41) is 3.38. The summed E-state index contributed by atoms with van der Waals surface area (Å²) in [6.07, 6.45) is 4.62. The molecule has 2 aliphatic rings. The van der Waals surface area contributed by atoms with Gasteiger partial charge in [0.25, 0.3) is 0 Å². The first kappa shape index (κ1) is 10.3. The molecule has 3 heteroatoms. The lowest BCUT2D eigenvalue weighted by molar-refractivity contribution is 0.138. The fraction of sp³-hybridized carbons (Fsp3) is 1.00. The van der Waals surface area contributed by atoms with Crippen LogP contribution in [0, 0.1) is 5.41 Å². The second kappa shape index (κ2) is 3.93. The van der Waals surface area contributed by atoms with Crippen LogP contribution < -0.4 is 5.32 Å². The van der Waals surface area contributed by atoms with Crippen molar-refractivity contribution in [2.75, 3.05) is 13.1 Å². The van der Waals surface area contributed by atoms with Crippen molar-refractivity contribution in [1.29, 1.82) is 0 Å². The minimum absolute atomic E-state index is 0. The van der Waals surface area contributed by atoms with E-state index in [9.17, 15) is 4.39 Å². The predicted octanol–water partition coefficient (Wildman–Crippen LogP) is 2.30. The minimum Gasteiger partial charge on any atom is -0.316 e. The van der Waals surface area contributed by atoms with Crippen LogP contribution in [0.3, 0.4) is 0 Å². The number of hydrogen-bond acceptors (Lipinski definition) is 1. The fourth-order valence-electron chi connectivity index (χ4n) is 2.42. The van der Waals surface area contributed by atoms with E-state index in [4.69, 9.17) is 0 Å². The molecule has 1 heterocycles. The van der Waals surface area contributed by atoms with Gasteiger partial charge in [-0.3, -0.25) is 0 Å². The molecule has 12 heavy (non-hydrogen) atoms. The molecule has 1 spiro atoms. The summed E-state index contributed by atoms with van der Waals surface area (Å²) in [6.45, 7) is 2.29. The van der Waals surface area contributed by atoms with Gasteiger partial charge in [0, 0.05) is 6.54 Å². The third-order valence-electron chi connectivity index (χ3n) is 3.31. The Balaban J connectivity index is 0.000000720. The summed E-state index contributed by atoms with van der Waals surface area (Å²) in [7, 11) is 0. The first-order valence-electron chi connectivity index (χ1n) is 4.66. The Labute approximate surface area is 79.5 Å². The van der Waals surface area contributed by atoms with Crippen LogP contribution in [0.15, 0.2) is 0 Å². The smallest absolute Gasteiger partial charge is 0.100 e. The Morgan fingerprint density at radius 1 is 1.17 bits per heavy atom. The third-order valence-corrected chi connectivity index (χ3v) is 3.31. The van der Waals surface area contributed by atoms with Crippen molar-refractivity contribution in [2.45, 2.75) is 38.3 Å². The summed E-state index contributed by atoms with van der Waals surface area (Å²) in [4.78, 5) is 0. The maximum Gasteiger partial charge on any atom is 0.100 e. The number of rotatable bonds is 0. The summed E-state index contributed by atoms with van der Waals surface area (Å²) in [5.74, 6) is 0. The number of nitrogens with one attached hydrogen (secondary N) is 1. The van der Waals surface area contributed by atoms with E-state index in [0.717, 1.165) is 38.8 Å². The van der Waals surface area contributed by atoms with Crippen LogP contribution in [0.1, 0.15) is 32.1 Å². The summed E-state index contributed by atoms with van der Waals surface area (Å²) in [5.41, 5.74) is 0.503. The van der Waals surface area contributed by atoms with Gasteiger partial charge in [-0.2, -0.15) is 0 Å². The Morgan fingerprint density at radius 3 is 2.33 bits per heavy atom. The molecule has 2 fully saturated rings. The van der Waals surface area contributed by atoms with E-state index in [1.807, 2.05) is 0 Å². The molecular weight excluding hydrogens is 177 g/mol. The van der Waals surface area contributed by atoms with Crippen molar-refractivity contribution in [2.24, 2.45) is 5.41 Å². The molecule has 0 unspecified atom stereocenters. The van der Waals surface area contributed by atoms with E-state index >= 15 is 0 Å². The Bertz CT molecular complexity index is 135. The highest BCUT2D eigenvalue weighted by Crippen LogP contribution is 2.41. The second-order valence-electron chi connectivity index (χ2n) is 4.10. The topological polar surface area (TPSA) is 12.0 Å². The Morgan fingerprint density at radius 2 is 1.83 bits per heavy atom. The standard InChI is InChI=1S/C9H16FN.ClH/c10-8-1-3-9(4-2-8)5-6-11-7-9;/h8,11H,1-7H2;1H. The molecular formula is C9H17ClFN. The molecule has 0 aromatic heterocycles. The Hall–Kier alpha value is 0.180. The molecule has 1 saturated heterocycles. The number of halogens is 2. The largest absolute Gasteiger partial charge is 0.316 e. The van der Waals surface area contributed by atoms with Crippen molar-refractivity contribution in [3.63, 3.8) is 0 Å². The lowest BCUT2D eigenvalue weighted by Gasteiger charge is -2.33. The zero-order valence-electron chi connectivity index (χ0n) is 7.31. The van der Waals surface area contributed by atoms with Crippen molar-refractivity contribution >= 4 is 12.4 Å². The van der Waals surface area contributed by atoms with Crippen molar-refractivity contribution in [3.8, 4) is 0 Å². The molecule has 1 nitrogen and oxygen atoms in total. The van der Waals surface area contributed by atoms with Gasteiger partial charge < -0.3 is 5.32 Å². The molecule has 2 rings (SSSR count). The molecule has 0 amide bonds. The fourth-order valence-corrected chi connectivity index (χ4v) is 2.42. The first-order chi connectivity index (χ1) is 5.31. The highest BCUT2D eigenvalue weighted by atomic mass is 35.5. The van der Waals surface area contributed by atoms with E-state index in [0.29, 0.717) is 5.41 Å². The molecule has 1 saturated carbocycles. The van der Waals surface area contributed by atoms with Gasteiger partial charge in [-0.1, -0.05) is 0 Å². The summed E-state index contributed by atoms with van der Waals surface area (Å²) < 4.78 is 12.8. The van der Waals surface area contributed by atoms with Crippen LogP contribution in [-0.4, -0.2) is 19.3 Å². The normalized spacial score (nSPS) is 41.2. The third kappa shape index (κ3) is 1.91. The monoisotopic (exact) mass is 193 g/mol. The summed E-state index contributed by atoms with van der Waals surface area (Å²) in [6, 6.07) is 0. The van der Waals surface area contributed by atoms with Crippen molar-refractivity contribution in [1.82, 2.24) is 5.32 Å². The Kier molecular flexibility index (Phi) is 3.36. The maximum atomic E-state index is 12.8. The highest BCUT2D eigenvalue weighted by Gasteiger charge is 2.37. The zero-order chi connectivity index (χ0) is 7.73. The SMILES string of the molecule is Cl.FC1CCC2(CCNC2)CC1. The van der Waals surface area contributed by atoms with Gasteiger partial charge in [-0.15, -0.1) is 12.4 Å². The van der Waals surface area contributed by atoms with Crippen LogP contribution >= 0.6 is 12.4 Å². The lowest BCUT2D eigenvalue weighted by atomic mass is 9.73. The van der Waals surface area contributed by atoms with Crippen LogP contribution in [0.2, 0.25) is 0 Å². The van der Waals surface area contributed by atoms with Gasteiger partial charge in [-0.25, -0.2) is 4.39 Å². The molecule has 0 aromatic carbocycles. The molecule has 0 bridgehead atoms. The van der Waals surface area contributed by atoms with E-state index in [-0.39, 0.29) is 12.4 Å². The van der Waals surface area contributed by atoms with Crippen LogP contribution in [0.4, 0.5) is 4.39 Å². The van der Waals surface area contributed by atoms with E-state index < -0.39 is 6.17 Å². The quantitative estimate of drug-likeness (QED) is 0.623. The lowest BCUT2D eigenvalue weighted by Crippen LogP contribution is -2.30. The molecule has 72 valence electrons. The van der Waals surface area contributed by atoms with Gasteiger partial charge in [0.05, 0.1) is 0 Å². The average molecular weight is 194 g/mol. The number of alkyl halides is 1. The molecule has 0 atom stereocenters. The van der Waals surface area contributed by atoms with Gasteiger partial charge in [0.2, 0.25) is 0 Å². The van der Waals surface area contributed by atoms with Gasteiger partial charge in [0.15, 0.2) is 0 Å². The van der Waals surface area contributed by atoms with E-state index in [1.165, 1.54) is 6.42 Å². The number of hydrogen-bond donors (Lipinski definition) is 1. The van der Waals surface area contributed by atoms with E-state index in [1.54, 1.807) is 0 Å². The van der Waals surface area contributed by atoms with Crippen LogP contribution in [0.5, 0.6) is 0 Å². The average Bonchev–Trinajstić information content (AvgIpc) is 2.45. The molecule has 1 N–H and O–H groups in total. The minimum atomic E-state index is -0.499. The molecule has 1 aliphatic heterocycles. The highest BCUT2D eigenvalue weighted by molar-refractivity contribution is 5.85. The first-order valence-corrected chi connectivity index (χ1v) is 4.66. The van der Waals surface area contributed by atoms with Crippen molar-refractivity contribution < 1.29 is 4.39 Å². The van der Waals surface area contributed by atoms with Crippen LogP contribution in [-0.2, 0) is 0 Å². The van der Waals surface area contributed by atoms with Gasteiger partial charge >= 0.3 is 0 Å². The maximum absolute atomic E-state index is 12.8. The molecule has 0 radical (unpaired) electrons. The van der Waals surface area contributed by atoms with Gasteiger partial charge in [-0.05, 0) is 44.1 Å². The summed E-state index contributed by atoms with van der Waals surface area (Å²) >= 11 is 0. The van der Waals surface area contributed by atoms with Crippen LogP contribution in [0.25, 0.3) is 0 Å². The molecule has 0 aromatic rings. The molecule has 1 aliphatic carbocycles. The van der Waals surface area contributed by atoms with Gasteiger partial charge in [0.1, 0.15) is 6.17 Å². The second-order valence-corrected chi connectivity index (χ2v) is 4.10. The zero-order valence-corrected chi connectivity index (χ0v) is 8.13. The van der Waals surface area contributed by atoms with Crippen molar-refractivity contribution in [3.05, 3.63) is 0 Å².